The second-order valence-corrected chi connectivity index (χ2v) is 11.3. The molecule has 15 nitrogen and oxygen atoms in total. The monoisotopic (exact) mass is 653 g/mol. The number of hydrogen-bond donors (Lipinski definition) is 3. The van der Waals surface area contributed by atoms with Crippen LogP contribution in [0.5, 0.6) is 5.75 Å². The number of carbonyl (C=O) groups is 2. The predicted octanol–water partition coefficient (Wildman–Crippen LogP) is 2.49. The number of esters is 1. The minimum atomic E-state index is -4.74. The van der Waals surface area contributed by atoms with Crippen LogP contribution < -0.4 is 10.5 Å². The number of phenolic OH excluding ortho intramolecular Hbond substituents is 1. The zero-order chi connectivity index (χ0) is 33.1. The lowest BCUT2D eigenvalue weighted by Gasteiger charge is -2.19. The molecule has 0 saturated carbocycles. The van der Waals surface area contributed by atoms with Crippen LogP contribution in [0.2, 0.25) is 0 Å². The summed E-state index contributed by atoms with van der Waals surface area (Å²) < 4.78 is 59.2. The van der Waals surface area contributed by atoms with E-state index in [4.69, 9.17) is 19.4 Å². The molecule has 0 aliphatic carbocycles. The number of fused-ring (bicyclic) bond motifs is 1. The van der Waals surface area contributed by atoms with Gasteiger partial charge in [0, 0.05) is 6.42 Å². The molecule has 1 saturated heterocycles. The maximum Gasteiger partial charge on any atom is 0.362 e. The third kappa shape index (κ3) is 9.29. The van der Waals surface area contributed by atoms with Crippen molar-refractivity contribution in [2.45, 2.75) is 71.6 Å². The van der Waals surface area contributed by atoms with E-state index in [1.807, 2.05) is 6.92 Å². The average molecular weight is 654 g/mol. The van der Waals surface area contributed by atoms with Crippen LogP contribution in [0.1, 0.15) is 63.5 Å². The first kappa shape index (κ1) is 35.5. The Hall–Kier alpha value is -3.93. The van der Waals surface area contributed by atoms with E-state index in [2.05, 4.69) is 40.6 Å². The zero-order valence-electron chi connectivity index (χ0n) is 25.6. The van der Waals surface area contributed by atoms with Crippen LogP contribution >= 0.6 is 0 Å². The number of amides is 1. The molecule has 0 bridgehead atoms. The number of unbranched alkanes of at least 4 members (excludes halogenated alkanes) is 1. The van der Waals surface area contributed by atoms with Gasteiger partial charge in [0.05, 0.1) is 18.5 Å². The van der Waals surface area contributed by atoms with Crippen molar-refractivity contribution < 1.29 is 41.2 Å². The van der Waals surface area contributed by atoms with E-state index in [-0.39, 0.29) is 29.0 Å². The van der Waals surface area contributed by atoms with E-state index in [0.717, 1.165) is 6.33 Å². The molecule has 2 aromatic heterocycles. The molecule has 248 valence electrons. The van der Waals surface area contributed by atoms with Gasteiger partial charge in [-0.1, -0.05) is 46.2 Å². The number of nitrogens with zero attached hydrogens (tertiary/aromatic N) is 5. The molecule has 17 heteroatoms. The van der Waals surface area contributed by atoms with Crippen LogP contribution in [0.4, 0.5) is 10.2 Å². The number of nitrogens with two attached hydrogens (primary N) is 1. The van der Waals surface area contributed by atoms with Gasteiger partial charge in [0.15, 0.2) is 30.0 Å². The molecular weight excluding hydrogens is 613 g/mol. The molecule has 4 rings (SSSR count). The highest BCUT2D eigenvalue weighted by Gasteiger charge is 2.49. The highest BCUT2D eigenvalue weighted by molar-refractivity contribution is 7.85. The maximum atomic E-state index is 15.6. The summed E-state index contributed by atoms with van der Waals surface area (Å²) in [7, 11) is -4.74. The molecule has 4 atom stereocenters. The molecule has 1 aromatic carbocycles. The number of alkyl halides is 1. The molecule has 1 amide bonds. The fourth-order valence-electron chi connectivity index (χ4n) is 4.47. The van der Waals surface area contributed by atoms with Crippen molar-refractivity contribution in [3.8, 4) is 5.75 Å². The van der Waals surface area contributed by atoms with Gasteiger partial charge in [0.25, 0.3) is 5.91 Å². The number of para-hydroxylation sites is 1. The number of aromatic hydroxyl groups is 1. The molecule has 4 N–H and O–H groups in total. The summed E-state index contributed by atoms with van der Waals surface area (Å²) in [6.07, 6.45) is -2.75. The lowest BCUT2D eigenvalue weighted by atomic mass is 10.1. The number of ether oxygens (including phenoxy) is 2. The van der Waals surface area contributed by atoms with Crippen molar-refractivity contribution in [1.29, 1.82) is 0 Å². The van der Waals surface area contributed by atoms with Crippen molar-refractivity contribution in [3.05, 3.63) is 42.5 Å². The average Bonchev–Trinajstić information content (AvgIpc) is 3.57. The van der Waals surface area contributed by atoms with Crippen LogP contribution in [-0.2, 0) is 28.8 Å². The third-order valence-corrected chi connectivity index (χ3v) is 7.91. The van der Waals surface area contributed by atoms with Crippen LogP contribution in [0, 0.1) is 0 Å². The maximum absolute atomic E-state index is 15.6. The minimum Gasteiger partial charge on any atom is -0.507 e. The van der Waals surface area contributed by atoms with Crippen LogP contribution in [0.3, 0.4) is 0 Å². The lowest BCUT2D eigenvalue weighted by molar-refractivity contribution is -0.154. The molecule has 1 fully saturated rings. The van der Waals surface area contributed by atoms with Crippen molar-refractivity contribution in [2.24, 2.45) is 0 Å². The van der Waals surface area contributed by atoms with Gasteiger partial charge in [-0.05, 0) is 38.2 Å². The first-order chi connectivity index (χ1) is 21.5. The number of nitrogens with one attached hydrogen (secondary N) is 1. The predicted molar refractivity (Wildman–Crippen MR) is 162 cm³/mol. The Balaban J connectivity index is 0.000000707. The van der Waals surface area contributed by atoms with Gasteiger partial charge in [-0.2, -0.15) is 8.42 Å². The standard InChI is InChI=1S/C22H25FN6O8S.C6H15N/c1-2-3-8-15(31)37-18-14(9-35-38(33,34)28-21(32)12-6-4-5-7-13(12)30)36-22(16(18)23)29-11-27-17-19(24)25-10-26-20(17)29;1-4-7(5-2)6-3/h4-7,10-11,14,16,18,22,30H,2-3,8-9H2,1H3,(H,28,32)(H2,24,25,26);4-6H2,1-3H3/t14-,16-,18-,22-;/m1./s1. The summed E-state index contributed by atoms with van der Waals surface area (Å²) in [5.41, 5.74) is 5.81. The molecule has 0 unspecified atom stereocenters. The molecular formula is C28H40FN7O8S. The molecule has 0 spiro atoms. The Kier molecular flexibility index (Phi) is 13.0. The van der Waals surface area contributed by atoms with E-state index in [1.165, 1.54) is 54.8 Å². The van der Waals surface area contributed by atoms with Gasteiger partial charge in [-0.3, -0.25) is 18.3 Å². The van der Waals surface area contributed by atoms with E-state index in [0.29, 0.717) is 12.8 Å². The summed E-state index contributed by atoms with van der Waals surface area (Å²) in [4.78, 5) is 38.9. The van der Waals surface area contributed by atoms with Crippen LogP contribution in [-0.4, -0.2) is 94.4 Å². The number of halogens is 1. The number of hydrogen-bond acceptors (Lipinski definition) is 13. The second-order valence-electron chi connectivity index (χ2n) is 9.96. The number of benzene rings is 1. The number of imidazole rings is 1. The topological polar surface area (TPSA) is 201 Å². The van der Waals surface area contributed by atoms with Gasteiger partial charge >= 0.3 is 16.3 Å². The van der Waals surface area contributed by atoms with E-state index < -0.39 is 59.1 Å². The highest BCUT2D eigenvalue weighted by Crippen LogP contribution is 2.36. The zero-order valence-corrected chi connectivity index (χ0v) is 26.4. The smallest absolute Gasteiger partial charge is 0.362 e. The fraction of sp³-hybridized carbons (Fsp3) is 0.536. The van der Waals surface area contributed by atoms with Gasteiger partial charge in [0.1, 0.15) is 23.7 Å². The van der Waals surface area contributed by atoms with E-state index in [1.54, 1.807) is 4.72 Å². The molecule has 3 aromatic rings. The Labute approximate surface area is 261 Å². The number of rotatable bonds is 13. The number of carbonyl (C=O) groups excluding carboxylic acids is 2. The number of anilines is 1. The van der Waals surface area contributed by atoms with Crippen molar-refractivity contribution in [2.75, 3.05) is 32.0 Å². The number of phenols is 1. The van der Waals surface area contributed by atoms with Crippen LogP contribution in [0.15, 0.2) is 36.9 Å². The van der Waals surface area contributed by atoms with Gasteiger partial charge in [-0.15, -0.1) is 0 Å². The summed E-state index contributed by atoms with van der Waals surface area (Å²) in [5.74, 6) is -2.25. The largest absolute Gasteiger partial charge is 0.507 e. The van der Waals surface area contributed by atoms with Crippen molar-refractivity contribution in [3.63, 3.8) is 0 Å². The summed E-state index contributed by atoms with van der Waals surface area (Å²) >= 11 is 0. The molecule has 1 aliphatic rings. The molecule has 45 heavy (non-hydrogen) atoms. The lowest BCUT2D eigenvalue weighted by Crippen LogP contribution is -2.39. The Morgan fingerprint density at radius 3 is 2.44 bits per heavy atom. The second kappa shape index (κ2) is 16.4. The van der Waals surface area contributed by atoms with Gasteiger partial charge in [0.2, 0.25) is 0 Å². The highest BCUT2D eigenvalue weighted by atomic mass is 32.2. The van der Waals surface area contributed by atoms with Crippen LogP contribution in [0.25, 0.3) is 11.2 Å². The third-order valence-electron chi connectivity index (χ3n) is 7.03. The first-order valence-electron chi connectivity index (χ1n) is 14.6. The Bertz CT molecular complexity index is 1530. The molecule has 0 radical (unpaired) electrons. The summed E-state index contributed by atoms with van der Waals surface area (Å²) in [6, 6.07) is 5.28. The first-order valence-corrected chi connectivity index (χ1v) is 16.0. The van der Waals surface area contributed by atoms with Crippen molar-refractivity contribution in [1.82, 2.24) is 29.1 Å². The van der Waals surface area contributed by atoms with E-state index >= 15 is 4.39 Å². The molecule has 1 aliphatic heterocycles. The SMILES string of the molecule is CCCCC(=O)O[C@H]1[C@@H](F)[C@H](n2cnc3c(N)ncnc32)O[C@@H]1COS(=O)(=O)NC(=O)c1ccccc1O.CCN(CC)CC. The van der Waals surface area contributed by atoms with Gasteiger partial charge < -0.3 is 25.2 Å². The number of nitrogen functional groups attached to an aromatic ring is 1. The van der Waals surface area contributed by atoms with Crippen molar-refractivity contribution >= 4 is 39.2 Å². The van der Waals surface area contributed by atoms with E-state index in [9.17, 15) is 23.1 Å². The quantitative estimate of drug-likeness (QED) is 0.227. The normalized spacial score (nSPS) is 19.7. The number of aromatic nitrogens is 4. The minimum absolute atomic E-state index is 0.0185. The van der Waals surface area contributed by atoms with Gasteiger partial charge in [-0.25, -0.2) is 24.1 Å². The summed E-state index contributed by atoms with van der Waals surface area (Å²) in [5, 5.41) is 9.77. The fourth-order valence-corrected chi connectivity index (χ4v) is 5.18. The molecule has 3 heterocycles. The Morgan fingerprint density at radius 2 is 1.82 bits per heavy atom. The summed E-state index contributed by atoms with van der Waals surface area (Å²) in [6.45, 7) is 11.2. The Morgan fingerprint density at radius 1 is 1.13 bits per heavy atom.